The minimum Gasteiger partial charge on any atom is -0.354 e. The molecule has 0 aromatic carbocycles. The molecule has 0 radical (unpaired) electrons. The molecule has 0 aliphatic carbocycles. The maximum atomic E-state index is 6.65. The highest BCUT2D eigenvalue weighted by molar-refractivity contribution is 7.99. The van der Waals surface area contributed by atoms with Crippen LogP contribution in [0.3, 0.4) is 0 Å². The van der Waals surface area contributed by atoms with Gasteiger partial charge in [-0.1, -0.05) is 18.5 Å². The Kier molecular flexibility index (Phi) is 4.73. The van der Waals surface area contributed by atoms with Crippen LogP contribution in [0.4, 0.5) is 5.82 Å². The summed E-state index contributed by atoms with van der Waals surface area (Å²) in [6.45, 7) is 3.67. The van der Waals surface area contributed by atoms with E-state index in [0.29, 0.717) is 15.8 Å². The molecule has 0 amide bonds. The van der Waals surface area contributed by atoms with Crippen LogP contribution in [0.2, 0.25) is 5.02 Å². The van der Waals surface area contributed by atoms with E-state index in [1.54, 1.807) is 18.6 Å². The monoisotopic (exact) mass is 426 g/mol. The lowest BCUT2D eigenvalue weighted by Crippen LogP contribution is -2.27. The van der Waals surface area contributed by atoms with Gasteiger partial charge in [0.15, 0.2) is 10.8 Å². The van der Waals surface area contributed by atoms with Crippen molar-refractivity contribution >= 4 is 51.4 Å². The van der Waals surface area contributed by atoms with Gasteiger partial charge in [-0.3, -0.25) is 4.98 Å². The Hall–Kier alpha value is -2.49. The molecule has 0 saturated carbocycles. The van der Waals surface area contributed by atoms with Crippen molar-refractivity contribution in [1.82, 2.24) is 29.9 Å². The fourth-order valence-electron chi connectivity index (χ4n) is 3.57. The summed E-state index contributed by atoms with van der Waals surface area (Å²) in [5.41, 5.74) is 9.20. The lowest BCUT2D eigenvalue weighted by molar-refractivity contribution is 0.751. The lowest BCUT2D eigenvalue weighted by Gasteiger charge is -2.18. The number of aromatic nitrogens is 6. The summed E-state index contributed by atoms with van der Waals surface area (Å²) in [7, 11) is 0. The number of rotatable bonds is 4. The van der Waals surface area contributed by atoms with Crippen LogP contribution in [0, 0.1) is 0 Å². The highest BCUT2D eigenvalue weighted by Crippen LogP contribution is 2.37. The van der Waals surface area contributed by atoms with Crippen LogP contribution < -0.4 is 10.6 Å². The number of pyridine rings is 1. The molecule has 1 atom stereocenters. The predicted octanol–water partition coefficient (Wildman–Crippen LogP) is 3.20. The quantitative estimate of drug-likeness (QED) is 0.479. The van der Waals surface area contributed by atoms with Crippen LogP contribution in [0.15, 0.2) is 34.7 Å². The van der Waals surface area contributed by atoms with Gasteiger partial charge in [0, 0.05) is 48.3 Å². The number of hydrogen-bond donors (Lipinski definition) is 2. The number of anilines is 1. The van der Waals surface area contributed by atoms with Gasteiger partial charge in [0.05, 0.1) is 10.4 Å². The zero-order chi connectivity index (χ0) is 20.0. The molecule has 1 fully saturated rings. The Bertz CT molecular complexity index is 1210. The first-order valence-electron chi connectivity index (χ1n) is 9.45. The van der Waals surface area contributed by atoms with E-state index in [9.17, 15) is 0 Å². The lowest BCUT2D eigenvalue weighted by atomic mass is 10.3. The molecule has 5 heterocycles. The number of aromatic amines is 1. The van der Waals surface area contributed by atoms with Crippen molar-refractivity contribution in [2.75, 3.05) is 18.0 Å². The van der Waals surface area contributed by atoms with E-state index in [4.69, 9.17) is 27.3 Å². The Labute approximate surface area is 176 Å². The summed E-state index contributed by atoms with van der Waals surface area (Å²) in [6.07, 6.45) is 6.78. The summed E-state index contributed by atoms with van der Waals surface area (Å²) in [4.78, 5) is 28.9. The minimum absolute atomic E-state index is 0.141. The van der Waals surface area contributed by atoms with Crippen molar-refractivity contribution in [1.29, 1.82) is 0 Å². The molecule has 8 nitrogen and oxygen atoms in total. The van der Waals surface area contributed by atoms with Crippen LogP contribution in [-0.2, 0) is 6.42 Å². The van der Waals surface area contributed by atoms with Crippen LogP contribution >= 0.6 is 23.4 Å². The van der Waals surface area contributed by atoms with Crippen molar-refractivity contribution in [3.63, 3.8) is 0 Å². The number of nitrogens with one attached hydrogen (secondary N) is 1. The normalized spacial score (nSPS) is 16.9. The van der Waals surface area contributed by atoms with Crippen molar-refractivity contribution in [3.8, 4) is 0 Å². The van der Waals surface area contributed by atoms with Gasteiger partial charge >= 0.3 is 0 Å². The van der Waals surface area contributed by atoms with E-state index in [-0.39, 0.29) is 6.04 Å². The number of halogens is 1. The van der Waals surface area contributed by atoms with Crippen molar-refractivity contribution in [3.05, 3.63) is 35.4 Å². The topological polar surface area (TPSA) is 109 Å². The molecule has 0 spiro atoms. The summed E-state index contributed by atoms with van der Waals surface area (Å²) < 4.78 is 0. The van der Waals surface area contributed by atoms with Crippen LogP contribution in [-0.4, -0.2) is 49.0 Å². The zero-order valence-corrected chi connectivity index (χ0v) is 17.3. The Morgan fingerprint density at radius 1 is 1.28 bits per heavy atom. The second kappa shape index (κ2) is 7.40. The maximum Gasteiger partial charge on any atom is 0.196 e. The van der Waals surface area contributed by atoms with E-state index in [1.807, 2.05) is 6.07 Å². The number of nitrogens with two attached hydrogens (primary N) is 1. The third-order valence-corrected chi connectivity index (χ3v) is 6.25. The molecule has 3 N–H and O–H groups in total. The number of nitrogens with zero attached hydrogens (tertiary/aromatic N) is 6. The van der Waals surface area contributed by atoms with Crippen LogP contribution in [0.1, 0.15) is 19.0 Å². The Morgan fingerprint density at radius 2 is 2.14 bits per heavy atom. The molecule has 1 aliphatic heterocycles. The second-order valence-corrected chi connectivity index (χ2v) is 8.41. The molecule has 10 heteroatoms. The number of H-pyrrole nitrogens is 1. The molecule has 1 aliphatic rings. The van der Waals surface area contributed by atoms with Crippen LogP contribution in [0.25, 0.3) is 22.2 Å². The standard InChI is InChI=1S/C19H19ClN8S/c1-2-12-15(20)14-17(25-12)26-19(27-18(14)28-6-3-10(21)9-28)29-11-7-13-16(24-8-11)23-5-4-22-13/h4-5,7-8,10H,2-3,6,9,21H2,1H3,(H,25,26,27). The molecule has 4 aromatic heterocycles. The first kappa shape index (κ1) is 18.5. The van der Waals surface area contributed by atoms with Gasteiger partial charge in [0.1, 0.15) is 17.0 Å². The molecule has 1 saturated heterocycles. The average Bonchev–Trinajstić information content (AvgIpc) is 3.30. The molecule has 4 aromatic rings. The van der Waals surface area contributed by atoms with Crippen molar-refractivity contribution < 1.29 is 0 Å². The van der Waals surface area contributed by atoms with Gasteiger partial charge in [-0.15, -0.1) is 0 Å². The second-order valence-electron chi connectivity index (χ2n) is 6.99. The average molecular weight is 427 g/mol. The Balaban J connectivity index is 1.59. The number of aryl methyl sites for hydroxylation is 1. The molecule has 29 heavy (non-hydrogen) atoms. The Morgan fingerprint density at radius 3 is 2.93 bits per heavy atom. The third-order valence-electron chi connectivity index (χ3n) is 5.01. The highest BCUT2D eigenvalue weighted by atomic mass is 35.5. The van der Waals surface area contributed by atoms with E-state index >= 15 is 0 Å². The fourth-order valence-corrected chi connectivity index (χ4v) is 4.68. The van der Waals surface area contributed by atoms with Gasteiger partial charge in [0.25, 0.3) is 0 Å². The van der Waals surface area contributed by atoms with Crippen molar-refractivity contribution in [2.24, 2.45) is 5.73 Å². The number of hydrogen-bond acceptors (Lipinski definition) is 8. The highest BCUT2D eigenvalue weighted by Gasteiger charge is 2.26. The van der Waals surface area contributed by atoms with Gasteiger partial charge in [-0.25, -0.2) is 19.9 Å². The van der Waals surface area contributed by atoms with Gasteiger partial charge in [-0.2, -0.15) is 0 Å². The smallest absolute Gasteiger partial charge is 0.196 e. The van der Waals surface area contributed by atoms with Gasteiger partial charge < -0.3 is 15.6 Å². The van der Waals surface area contributed by atoms with E-state index in [0.717, 1.165) is 58.9 Å². The fraction of sp³-hybridized carbons (Fsp3) is 0.316. The van der Waals surface area contributed by atoms with E-state index < -0.39 is 0 Å². The molecular weight excluding hydrogens is 408 g/mol. The van der Waals surface area contributed by atoms with Crippen LogP contribution in [0.5, 0.6) is 0 Å². The summed E-state index contributed by atoms with van der Waals surface area (Å²) >= 11 is 8.09. The first-order valence-corrected chi connectivity index (χ1v) is 10.6. The summed E-state index contributed by atoms with van der Waals surface area (Å²) in [5.74, 6) is 0.833. The molecule has 148 valence electrons. The van der Waals surface area contributed by atoms with Gasteiger partial charge in [-0.05, 0) is 30.7 Å². The minimum atomic E-state index is 0.141. The van der Waals surface area contributed by atoms with Gasteiger partial charge in [0.2, 0.25) is 0 Å². The molecule has 1 unspecified atom stereocenters. The predicted molar refractivity (Wildman–Crippen MR) is 115 cm³/mol. The zero-order valence-electron chi connectivity index (χ0n) is 15.8. The maximum absolute atomic E-state index is 6.65. The molecule has 0 bridgehead atoms. The largest absolute Gasteiger partial charge is 0.354 e. The first-order chi connectivity index (χ1) is 14.1. The van der Waals surface area contributed by atoms with Crippen molar-refractivity contribution in [2.45, 2.75) is 35.9 Å². The summed E-state index contributed by atoms with van der Waals surface area (Å²) in [5, 5.41) is 2.18. The molecule has 5 rings (SSSR count). The van der Waals surface area contributed by atoms with E-state index in [1.165, 1.54) is 11.8 Å². The van der Waals surface area contributed by atoms with E-state index in [2.05, 4.69) is 31.8 Å². The number of fused-ring (bicyclic) bond motifs is 2. The SMILES string of the molecule is CCc1[nH]c2nc(Sc3cnc4nccnc4c3)nc(N3CCC(N)C3)c2c1Cl. The summed E-state index contributed by atoms with van der Waals surface area (Å²) in [6, 6.07) is 2.08. The molecular formula is C19H19ClN8S. The third kappa shape index (κ3) is 3.39.